The van der Waals surface area contributed by atoms with Crippen molar-refractivity contribution in [3.63, 3.8) is 0 Å². The first-order valence-electron chi connectivity index (χ1n) is 15.7. The first-order valence-corrected chi connectivity index (χ1v) is 15.7. The molecule has 3 aliphatic heterocycles. The standard InChI is InChI=1S/C34H51N3O4/c1-22-18-25-14-17-40-23(2)30(25)28(19-22)31(33(38)39-6)37(5)27-20-29(34(3,4)21-27)41-16-8-7-11-26-13-12-24-10-9-15-35-32(24)36-26/h12-13,18-19,23,27,29,31-32,35-36H,7-11,14-17,20-21H2,1-6H3/t23-,27-,29-,31?,32?/m0/s1. The number of esters is 1. The van der Waals surface area contributed by atoms with Crippen molar-refractivity contribution in [3.8, 4) is 0 Å². The van der Waals surface area contributed by atoms with E-state index in [1.165, 1.54) is 42.3 Å². The number of nitrogens with zero attached hydrogens (tertiary/aromatic N) is 1. The Morgan fingerprint density at radius 3 is 2.85 bits per heavy atom. The van der Waals surface area contributed by atoms with Crippen LogP contribution in [0.3, 0.4) is 0 Å². The van der Waals surface area contributed by atoms with Gasteiger partial charge in [0, 0.05) is 18.3 Å². The van der Waals surface area contributed by atoms with Gasteiger partial charge in [-0.25, -0.2) is 4.79 Å². The lowest BCUT2D eigenvalue weighted by atomic mass is 9.86. The van der Waals surface area contributed by atoms with Gasteiger partial charge in [0.05, 0.1) is 32.1 Å². The summed E-state index contributed by atoms with van der Waals surface area (Å²) in [5.74, 6) is -0.212. The quantitative estimate of drug-likeness (QED) is 0.281. The number of allylic oxidation sites excluding steroid dienone is 3. The molecule has 1 aliphatic carbocycles. The van der Waals surface area contributed by atoms with Crippen molar-refractivity contribution >= 4 is 5.97 Å². The van der Waals surface area contributed by atoms with Gasteiger partial charge in [-0.3, -0.25) is 10.2 Å². The van der Waals surface area contributed by atoms with Crippen molar-refractivity contribution in [1.82, 2.24) is 15.5 Å². The highest BCUT2D eigenvalue weighted by Gasteiger charge is 2.46. The Hall–Kier alpha value is -2.19. The van der Waals surface area contributed by atoms with E-state index < -0.39 is 6.04 Å². The van der Waals surface area contributed by atoms with Crippen LogP contribution in [0.15, 0.2) is 35.6 Å². The van der Waals surface area contributed by atoms with Crippen LogP contribution in [0.1, 0.15) is 100 Å². The number of aryl methyl sites for hydroxylation is 1. The number of hydrogen-bond donors (Lipinski definition) is 2. The van der Waals surface area contributed by atoms with Crippen molar-refractivity contribution in [2.24, 2.45) is 5.41 Å². The highest BCUT2D eigenvalue weighted by molar-refractivity contribution is 5.78. The molecule has 0 bridgehead atoms. The summed E-state index contributed by atoms with van der Waals surface area (Å²) in [6.45, 7) is 11.4. The zero-order chi connectivity index (χ0) is 29.1. The van der Waals surface area contributed by atoms with Crippen molar-refractivity contribution in [2.75, 3.05) is 33.9 Å². The summed E-state index contributed by atoms with van der Waals surface area (Å²) in [4.78, 5) is 15.6. The van der Waals surface area contributed by atoms with Crippen molar-refractivity contribution in [2.45, 2.75) is 110 Å². The number of methoxy groups -OCH3 is 1. The number of piperidine rings is 1. The van der Waals surface area contributed by atoms with Crippen LogP contribution in [-0.2, 0) is 25.4 Å². The van der Waals surface area contributed by atoms with Gasteiger partial charge in [0.15, 0.2) is 0 Å². The lowest BCUT2D eigenvalue weighted by molar-refractivity contribution is -0.147. The predicted octanol–water partition coefficient (Wildman–Crippen LogP) is 5.64. The number of unbranched alkanes of at least 4 members (excludes halogenated alkanes) is 1. The van der Waals surface area contributed by atoms with Gasteiger partial charge in [0.25, 0.3) is 0 Å². The minimum Gasteiger partial charge on any atom is -0.468 e. The zero-order valence-corrected chi connectivity index (χ0v) is 26.1. The third-order valence-corrected chi connectivity index (χ3v) is 9.76. The molecule has 7 nitrogen and oxygen atoms in total. The van der Waals surface area contributed by atoms with E-state index in [1.807, 2.05) is 0 Å². The molecule has 41 heavy (non-hydrogen) atoms. The molecule has 1 saturated heterocycles. The van der Waals surface area contributed by atoms with Crippen molar-refractivity contribution in [3.05, 3.63) is 57.8 Å². The van der Waals surface area contributed by atoms with Crippen LogP contribution in [0, 0.1) is 12.3 Å². The van der Waals surface area contributed by atoms with Gasteiger partial charge < -0.3 is 19.5 Å². The van der Waals surface area contributed by atoms with Gasteiger partial charge in [-0.1, -0.05) is 37.6 Å². The number of ether oxygens (including phenoxy) is 3. The Bertz CT molecular complexity index is 1160. The van der Waals surface area contributed by atoms with Crippen LogP contribution in [0.5, 0.6) is 0 Å². The fourth-order valence-electron chi connectivity index (χ4n) is 7.47. The number of benzene rings is 1. The number of rotatable bonds is 10. The van der Waals surface area contributed by atoms with Gasteiger partial charge in [-0.05, 0) is 113 Å². The molecule has 0 spiro atoms. The molecule has 0 aromatic heterocycles. The summed E-state index contributed by atoms with van der Waals surface area (Å²) in [5, 5.41) is 7.25. The van der Waals surface area contributed by atoms with Crippen LogP contribution in [0.4, 0.5) is 0 Å². The number of carbonyl (C=O) groups excluding carboxylic acids is 1. The molecule has 0 radical (unpaired) electrons. The van der Waals surface area contributed by atoms with Crippen molar-refractivity contribution < 1.29 is 19.0 Å². The molecule has 1 saturated carbocycles. The highest BCUT2D eigenvalue weighted by Crippen LogP contribution is 2.45. The maximum atomic E-state index is 13.4. The summed E-state index contributed by atoms with van der Waals surface area (Å²) in [5.41, 5.74) is 7.48. The van der Waals surface area contributed by atoms with E-state index in [-0.39, 0.29) is 29.6 Å². The number of carbonyl (C=O) groups is 1. The maximum Gasteiger partial charge on any atom is 0.327 e. The lowest BCUT2D eigenvalue weighted by Gasteiger charge is -2.36. The number of hydrogen-bond acceptors (Lipinski definition) is 7. The van der Waals surface area contributed by atoms with E-state index in [2.05, 4.69) is 74.6 Å². The molecule has 1 aromatic carbocycles. The number of fused-ring (bicyclic) bond motifs is 2. The van der Waals surface area contributed by atoms with Gasteiger partial charge in [-0.2, -0.15) is 0 Å². The first-order chi connectivity index (χ1) is 19.7. The fourth-order valence-corrected chi connectivity index (χ4v) is 7.47. The Morgan fingerprint density at radius 1 is 1.22 bits per heavy atom. The van der Waals surface area contributed by atoms with E-state index in [9.17, 15) is 4.79 Å². The molecule has 2 fully saturated rings. The monoisotopic (exact) mass is 565 g/mol. The van der Waals surface area contributed by atoms with Crippen LogP contribution in [-0.4, -0.2) is 63.1 Å². The first kappa shape index (κ1) is 30.3. The SMILES string of the molecule is COC(=O)C(c1cc(C)cc2c1[C@H](C)OCC2)N(C)[C@H]1C[C@H](OCCCCC2=CC=C3CCCNC3N2)C(C)(C)C1. The molecule has 0 amide bonds. The average molecular weight is 566 g/mol. The normalized spacial score (nSPS) is 27.8. The fraction of sp³-hybridized carbons (Fsp3) is 0.676. The van der Waals surface area contributed by atoms with Gasteiger partial charge in [0.1, 0.15) is 6.04 Å². The van der Waals surface area contributed by atoms with Crippen LogP contribution >= 0.6 is 0 Å². The zero-order valence-electron chi connectivity index (χ0n) is 26.1. The van der Waals surface area contributed by atoms with E-state index in [0.717, 1.165) is 69.4 Å². The second kappa shape index (κ2) is 13.0. The van der Waals surface area contributed by atoms with Gasteiger partial charge >= 0.3 is 5.97 Å². The predicted molar refractivity (Wildman–Crippen MR) is 162 cm³/mol. The molecule has 5 rings (SSSR count). The average Bonchev–Trinajstić information content (AvgIpc) is 3.26. The molecular weight excluding hydrogens is 514 g/mol. The molecule has 2 unspecified atom stereocenters. The summed E-state index contributed by atoms with van der Waals surface area (Å²) in [6.07, 6.45) is 13.4. The van der Waals surface area contributed by atoms with Crippen LogP contribution in [0.25, 0.3) is 0 Å². The Morgan fingerprint density at radius 2 is 2.05 bits per heavy atom. The molecule has 1 aromatic rings. The van der Waals surface area contributed by atoms with E-state index in [1.54, 1.807) is 0 Å². The van der Waals surface area contributed by atoms with Crippen LogP contribution < -0.4 is 10.6 Å². The lowest BCUT2D eigenvalue weighted by Crippen LogP contribution is -2.47. The Balaban J connectivity index is 1.20. The Kier molecular flexibility index (Phi) is 9.59. The van der Waals surface area contributed by atoms with E-state index >= 15 is 0 Å². The largest absolute Gasteiger partial charge is 0.468 e. The molecule has 5 atom stereocenters. The van der Waals surface area contributed by atoms with Gasteiger partial charge in [-0.15, -0.1) is 0 Å². The smallest absolute Gasteiger partial charge is 0.327 e. The molecule has 2 N–H and O–H groups in total. The minimum absolute atomic E-state index is 0.0311. The second-order valence-corrected chi connectivity index (χ2v) is 13.2. The summed E-state index contributed by atoms with van der Waals surface area (Å²) in [6, 6.07) is 4.15. The van der Waals surface area contributed by atoms with Crippen molar-refractivity contribution in [1.29, 1.82) is 0 Å². The topological polar surface area (TPSA) is 72.1 Å². The second-order valence-electron chi connectivity index (χ2n) is 13.2. The number of likely N-dealkylation sites (N-methyl/N-ethyl adjacent to an activating group) is 1. The third-order valence-electron chi connectivity index (χ3n) is 9.76. The Labute approximate surface area is 247 Å². The third kappa shape index (κ3) is 6.74. The molecule has 3 heterocycles. The summed E-state index contributed by atoms with van der Waals surface area (Å²) >= 11 is 0. The molecule has 7 heteroatoms. The summed E-state index contributed by atoms with van der Waals surface area (Å²) in [7, 11) is 3.58. The maximum absolute atomic E-state index is 13.4. The molecule has 226 valence electrons. The van der Waals surface area contributed by atoms with E-state index in [4.69, 9.17) is 14.2 Å². The highest BCUT2D eigenvalue weighted by atomic mass is 16.5. The van der Waals surface area contributed by atoms with Gasteiger partial charge in [0.2, 0.25) is 0 Å². The summed E-state index contributed by atoms with van der Waals surface area (Å²) < 4.78 is 18.0. The number of dihydropyridines is 1. The minimum atomic E-state index is -0.471. The molecular formula is C34H51N3O4. The number of nitrogens with one attached hydrogen (secondary N) is 2. The van der Waals surface area contributed by atoms with Crippen LogP contribution in [0.2, 0.25) is 0 Å². The molecule has 4 aliphatic rings. The van der Waals surface area contributed by atoms with E-state index in [0.29, 0.717) is 6.17 Å².